The predicted molar refractivity (Wildman–Crippen MR) is 101 cm³/mol. The van der Waals surface area contributed by atoms with Crippen molar-refractivity contribution in [3.8, 4) is 17.9 Å². The topological polar surface area (TPSA) is 65.3 Å². The van der Waals surface area contributed by atoms with Gasteiger partial charge in [0.25, 0.3) is 0 Å². The summed E-state index contributed by atoms with van der Waals surface area (Å²) in [4.78, 5) is 0. The van der Waals surface area contributed by atoms with E-state index in [-0.39, 0.29) is 5.76 Å². The summed E-state index contributed by atoms with van der Waals surface area (Å²) in [5.41, 5.74) is 3.77. The van der Waals surface area contributed by atoms with Crippen LogP contribution in [0, 0.1) is 23.2 Å². The molecule has 0 bridgehead atoms. The molecular formula is C22H16N2O2. The minimum atomic E-state index is 0.0601. The van der Waals surface area contributed by atoms with Gasteiger partial charge in [0, 0.05) is 22.4 Å². The zero-order chi connectivity index (χ0) is 18.4. The number of benzene rings is 2. The van der Waals surface area contributed by atoms with E-state index in [1.807, 2.05) is 36.4 Å². The van der Waals surface area contributed by atoms with E-state index in [1.54, 1.807) is 18.2 Å². The van der Waals surface area contributed by atoms with E-state index >= 15 is 0 Å². The summed E-state index contributed by atoms with van der Waals surface area (Å²) in [6.07, 6.45) is 3.11. The number of nitrogens with one attached hydrogen (secondary N) is 1. The highest BCUT2D eigenvalue weighted by Crippen LogP contribution is 2.19. The maximum absolute atomic E-state index is 9.90. The Morgan fingerprint density at radius 2 is 1.54 bits per heavy atom. The second kappa shape index (κ2) is 7.79. The molecule has 4 heteroatoms. The Morgan fingerprint density at radius 1 is 0.962 bits per heavy atom. The van der Waals surface area contributed by atoms with Crippen LogP contribution < -0.4 is 5.32 Å². The van der Waals surface area contributed by atoms with Crippen LogP contribution in [0.25, 0.3) is 0 Å². The standard InChI is InChI=1S/C22H16N2O2/c1-16-12-13-26-21(22(16)25)15-24-20-10-8-18(9-11-20)3-2-17-4-6-19(14-23)7-5-17/h4-13,24-25H,1,15H2. The van der Waals surface area contributed by atoms with Crippen LogP contribution in [0.15, 0.2) is 84.5 Å². The quantitative estimate of drug-likeness (QED) is 0.820. The smallest absolute Gasteiger partial charge is 0.164 e. The Hall–Kier alpha value is -3.89. The van der Waals surface area contributed by atoms with Crippen molar-refractivity contribution >= 4 is 5.69 Å². The van der Waals surface area contributed by atoms with E-state index in [0.29, 0.717) is 23.4 Å². The molecule has 0 spiro atoms. The third kappa shape index (κ3) is 4.14. The summed E-state index contributed by atoms with van der Waals surface area (Å²) >= 11 is 0. The fraction of sp³-hybridized carbons (Fsp3) is 0.0455. The fourth-order valence-electron chi connectivity index (χ4n) is 2.26. The number of ether oxygens (including phenoxy) is 1. The number of rotatable bonds is 3. The first-order chi connectivity index (χ1) is 12.7. The van der Waals surface area contributed by atoms with Crippen molar-refractivity contribution in [2.75, 3.05) is 11.9 Å². The van der Waals surface area contributed by atoms with Crippen LogP contribution in [0.4, 0.5) is 5.69 Å². The molecular weight excluding hydrogens is 324 g/mol. The molecule has 0 amide bonds. The van der Waals surface area contributed by atoms with Crippen molar-refractivity contribution in [2.24, 2.45) is 0 Å². The van der Waals surface area contributed by atoms with Gasteiger partial charge in [-0.25, -0.2) is 0 Å². The first-order valence-electron chi connectivity index (χ1n) is 7.96. The lowest BCUT2D eigenvalue weighted by molar-refractivity contribution is 0.291. The average molecular weight is 340 g/mol. The van der Waals surface area contributed by atoms with Crippen molar-refractivity contribution in [3.63, 3.8) is 0 Å². The lowest BCUT2D eigenvalue weighted by Crippen LogP contribution is -2.11. The van der Waals surface area contributed by atoms with Crippen molar-refractivity contribution in [3.05, 3.63) is 101 Å². The molecule has 1 heterocycles. The van der Waals surface area contributed by atoms with Gasteiger partial charge >= 0.3 is 0 Å². The average Bonchev–Trinajstić information content (AvgIpc) is 2.69. The van der Waals surface area contributed by atoms with Crippen LogP contribution in [-0.4, -0.2) is 11.7 Å². The summed E-state index contributed by atoms with van der Waals surface area (Å²) in [5.74, 6) is 6.65. The number of nitrogens with zero attached hydrogens (tertiary/aromatic N) is 1. The molecule has 0 atom stereocenters. The number of hydrogen-bond donors (Lipinski definition) is 2. The Kier molecular flexibility index (Phi) is 5.08. The third-order valence-corrected chi connectivity index (χ3v) is 3.75. The maximum atomic E-state index is 9.90. The largest absolute Gasteiger partial charge is 0.504 e. The molecule has 3 rings (SSSR count). The van der Waals surface area contributed by atoms with Crippen LogP contribution >= 0.6 is 0 Å². The molecule has 0 saturated heterocycles. The van der Waals surface area contributed by atoms with E-state index in [2.05, 4.69) is 29.8 Å². The SMILES string of the molecule is C=C1C=COC(CNc2ccc(C#Cc3ccc(C#N)cc3)cc2)=C1O. The zero-order valence-corrected chi connectivity index (χ0v) is 14.0. The first-order valence-corrected chi connectivity index (χ1v) is 7.96. The van der Waals surface area contributed by atoms with Gasteiger partial charge in [-0.15, -0.1) is 0 Å². The van der Waals surface area contributed by atoms with Crippen LogP contribution in [0.2, 0.25) is 0 Å². The normalized spacial score (nSPS) is 12.7. The van der Waals surface area contributed by atoms with Gasteiger partial charge < -0.3 is 15.2 Å². The lowest BCUT2D eigenvalue weighted by Gasteiger charge is -2.15. The van der Waals surface area contributed by atoms with E-state index in [0.717, 1.165) is 16.8 Å². The van der Waals surface area contributed by atoms with Gasteiger partial charge in [0.05, 0.1) is 24.4 Å². The van der Waals surface area contributed by atoms with Crippen LogP contribution in [0.3, 0.4) is 0 Å². The molecule has 126 valence electrons. The van der Waals surface area contributed by atoms with Gasteiger partial charge in [0.15, 0.2) is 11.5 Å². The number of allylic oxidation sites excluding steroid dienone is 1. The summed E-state index contributed by atoms with van der Waals surface area (Å²) < 4.78 is 5.29. The van der Waals surface area contributed by atoms with E-state index in [4.69, 9.17) is 10.00 Å². The fourth-order valence-corrected chi connectivity index (χ4v) is 2.26. The summed E-state index contributed by atoms with van der Waals surface area (Å²) in [6, 6.07) is 16.9. The Morgan fingerprint density at radius 3 is 2.15 bits per heavy atom. The van der Waals surface area contributed by atoms with Crippen LogP contribution in [0.5, 0.6) is 0 Å². The summed E-state index contributed by atoms with van der Waals surface area (Å²) in [6.45, 7) is 4.09. The van der Waals surface area contributed by atoms with Gasteiger partial charge in [-0.2, -0.15) is 5.26 Å². The first kappa shape index (κ1) is 17.0. The van der Waals surface area contributed by atoms with Gasteiger partial charge in [-0.05, 0) is 54.6 Å². The number of hydrogen-bond acceptors (Lipinski definition) is 4. The van der Waals surface area contributed by atoms with Gasteiger partial charge in [-0.3, -0.25) is 0 Å². The molecule has 0 aromatic heterocycles. The Bertz CT molecular complexity index is 980. The zero-order valence-electron chi connectivity index (χ0n) is 14.0. The minimum absolute atomic E-state index is 0.0601. The lowest BCUT2D eigenvalue weighted by atomic mass is 10.1. The highest BCUT2D eigenvalue weighted by atomic mass is 16.5. The molecule has 4 nitrogen and oxygen atoms in total. The van der Waals surface area contributed by atoms with Crippen molar-refractivity contribution in [2.45, 2.75) is 0 Å². The number of aliphatic hydroxyl groups excluding tert-OH is 1. The molecule has 0 unspecified atom stereocenters. The molecule has 0 saturated carbocycles. The molecule has 26 heavy (non-hydrogen) atoms. The number of aliphatic hydroxyl groups is 1. The van der Waals surface area contributed by atoms with Crippen LogP contribution in [-0.2, 0) is 4.74 Å². The number of nitriles is 1. The maximum Gasteiger partial charge on any atom is 0.164 e. The van der Waals surface area contributed by atoms with E-state index < -0.39 is 0 Å². The highest BCUT2D eigenvalue weighted by molar-refractivity contribution is 5.51. The van der Waals surface area contributed by atoms with Crippen molar-refractivity contribution in [1.29, 1.82) is 5.26 Å². The monoisotopic (exact) mass is 340 g/mol. The van der Waals surface area contributed by atoms with Crippen molar-refractivity contribution < 1.29 is 9.84 Å². The second-order valence-corrected chi connectivity index (χ2v) is 5.59. The third-order valence-electron chi connectivity index (χ3n) is 3.75. The van der Waals surface area contributed by atoms with Crippen LogP contribution in [0.1, 0.15) is 16.7 Å². The van der Waals surface area contributed by atoms with Gasteiger partial charge in [0.1, 0.15) is 0 Å². The number of anilines is 1. The minimum Gasteiger partial charge on any atom is -0.504 e. The molecule has 0 aliphatic carbocycles. The molecule has 0 fully saturated rings. The second-order valence-electron chi connectivity index (χ2n) is 5.59. The summed E-state index contributed by atoms with van der Waals surface area (Å²) in [5, 5.41) is 21.9. The molecule has 2 N–H and O–H groups in total. The molecule has 2 aromatic rings. The predicted octanol–water partition coefficient (Wildman–Crippen LogP) is 4.24. The summed E-state index contributed by atoms with van der Waals surface area (Å²) in [7, 11) is 0. The molecule has 2 aromatic carbocycles. The molecule has 1 aliphatic heterocycles. The Labute approximate surface area is 152 Å². The Balaban J connectivity index is 1.62. The van der Waals surface area contributed by atoms with Gasteiger partial charge in [-0.1, -0.05) is 18.4 Å². The van der Waals surface area contributed by atoms with E-state index in [9.17, 15) is 5.11 Å². The molecule has 0 radical (unpaired) electrons. The van der Waals surface area contributed by atoms with E-state index in [1.165, 1.54) is 6.26 Å². The molecule has 1 aliphatic rings. The van der Waals surface area contributed by atoms with Crippen molar-refractivity contribution in [1.82, 2.24) is 0 Å². The van der Waals surface area contributed by atoms with Gasteiger partial charge in [0.2, 0.25) is 0 Å². The highest BCUT2D eigenvalue weighted by Gasteiger charge is 2.12.